The van der Waals surface area contributed by atoms with Crippen molar-refractivity contribution in [3.8, 4) is 0 Å². The van der Waals surface area contributed by atoms with Crippen molar-refractivity contribution in [1.29, 1.82) is 0 Å². The smallest absolute Gasteiger partial charge is 0.201 e. The molecule has 0 amide bonds. The van der Waals surface area contributed by atoms with Gasteiger partial charge in [-0.3, -0.25) is 4.79 Å². The lowest BCUT2D eigenvalue weighted by Crippen LogP contribution is -2.24. The Kier molecular flexibility index (Phi) is 3.33. The van der Waals surface area contributed by atoms with Crippen molar-refractivity contribution in [3.05, 3.63) is 35.0 Å². The number of rotatable bonds is 3. The number of benzene rings is 1. The van der Waals surface area contributed by atoms with Crippen LogP contribution in [0.15, 0.2) is 28.7 Å². The number of fused-ring (bicyclic) bond motifs is 1. The number of nitrogens with two attached hydrogens (primary N) is 1. The molecule has 2 unspecified atom stereocenters. The maximum absolute atomic E-state index is 12.5. The lowest BCUT2D eigenvalue weighted by molar-refractivity contribution is 0.0867. The molecule has 4 heteroatoms. The Morgan fingerprint density at radius 3 is 3.00 bits per heavy atom. The van der Waals surface area contributed by atoms with E-state index < -0.39 is 0 Å². The van der Waals surface area contributed by atoms with Gasteiger partial charge in [0.1, 0.15) is 5.58 Å². The van der Waals surface area contributed by atoms with Crippen LogP contribution in [0.5, 0.6) is 0 Å². The maximum Gasteiger partial charge on any atom is 0.201 e. The van der Waals surface area contributed by atoms with Crippen LogP contribution in [0.1, 0.15) is 29.8 Å². The van der Waals surface area contributed by atoms with Crippen LogP contribution in [0, 0.1) is 11.8 Å². The van der Waals surface area contributed by atoms with E-state index in [0.29, 0.717) is 28.8 Å². The van der Waals surface area contributed by atoms with Gasteiger partial charge in [-0.1, -0.05) is 18.0 Å². The number of Topliss-reactive ketones (excluding diaryl/α,β-unsaturated/α-hetero) is 1. The predicted octanol–water partition coefficient (Wildman–Crippen LogP) is 3.64. The molecule has 1 saturated carbocycles. The zero-order chi connectivity index (χ0) is 13.4. The third-order valence-corrected chi connectivity index (χ3v) is 4.25. The predicted molar refractivity (Wildman–Crippen MR) is 75.4 cm³/mol. The minimum absolute atomic E-state index is 0.0148. The van der Waals surface area contributed by atoms with Gasteiger partial charge in [0.2, 0.25) is 5.78 Å². The fourth-order valence-corrected chi connectivity index (χ4v) is 3.16. The van der Waals surface area contributed by atoms with E-state index in [1.807, 2.05) is 6.07 Å². The summed E-state index contributed by atoms with van der Waals surface area (Å²) < 4.78 is 5.64. The van der Waals surface area contributed by atoms with Crippen LogP contribution in [-0.4, -0.2) is 12.3 Å². The molecule has 2 atom stereocenters. The molecule has 1 aliphatic rings. The normalized spacial score (nSPS) is 23.1. The third-order valence-electron chi connectivity index (χ3n) is 4.02. The average Bonchev–Trinajstić information content (AvgIpc) is 3.03. The molecule has 0 radical (unpaired) electrons. The van der Waals surface area contributed by atoms with E-state index in [2.05, 4.69) is 0 Å². The summed E-state index contributed by atoms with van der Waals surface area (Å²) in [7, 11) is 0. The minimum Gasteiger partial charge on any atom is -0.453 e. The van der Waals surface area contributed by atoms with Gasteiger partial charge >= 0.3 is 0 Å². The van der Waals surface area contributed by atoms with Crippen LogP contribution in [0.2, 0.25) is 5.02 Å². The maximum atomic E-state index is 12.5. The zero-order valence-corrected chi connectivity index (χ0v) is 11.3. The summed E-state index contributed by atoms with van der Waals surface area (Å²) in [5.74, 6) is 0.827. The second kappa shape index (κ2) is 4.99. The van der Waals surface area contributed by atoms with Gasteiger partial charge in [0.15, 0.2) is 5.76 Å². The summed E-state index contributed by atoms with van der Waals surface area (Å²) in [6.45, 7) is 0.572. The second-order valence-corrected chi connectivity index (χ2v) is 5.63. The summed E-state index contributed by atoms with van der Waals surface area (Å²) in [5, 5.41) is 1.52. The summed E-state index contributed by atoms with van der Waals surface area (Å²) in [6.07, 6.45) is 3.03. The average molecular weight is 278 g/mol. The first-order chi connectivity index (χ1) is 9.19. The molecule has 1 fully saturated rings. The fraction of sp³-hybridized carbons (Fsp3) is 0.400. The molecular weight excluding hydrogens is 262 g/mol. The molecule has 0 spiro atoms. The highest BCUT2D eigenvalue weighted by Gasteiger charge is 2.34. The fourth-order valence-electron chi connectivity index (χ4n) is 2.98. The Morgan fingerprint density at radius 1 is 1.37 bits per heavy atom. The van der Waals surface area contributed by atoms with Gasteiger partial charge < -0.3 is 10.2 Å². The number of halogens is 1. The van der Waals surface area contributed by atoms with Crippen LogP contribution in [0.4, 0.5) is 0 Å². The molecule has 19 heavy (non-hydrogen) atoms. The van der Waals surface area contributed by atoms with Gasteiger partial charge in [0.05, 0.1) is 0 Å². The van der Waals surface area contributed by atoms with Crippen LogP contribution >= 0.6 is 11.6 Å². The lowest BCUT2D eigenvalue weighted by atomic mass is 9.91. The highest BCUT2D eigenvalue weighted by atomic mass is 35.5. The Morgan fingerprint density at radius 2 is 2.21 bits per heavy atom. The third kappa shape index (κ3) is 2.28. The zero-order valence-electron chi connectivity index (χ0n) is 10.6. The van der Waals surface area contributed by atoms with E-state index in [1.165, 1.54) is 0 Å². The number of carbonyl (C=O) groups excluding carboxylic acids is 1. The van der Waals surface area contributed by atoms with Gasteiger partial charge in [-0.2, -0.15) is 0 Å². The number of hydrogen-bond donors (Lipinski definition) is 1. The molecule has 100 valence electrons. The van der Waals surface area contributed by atoms with Gasteiger partial charge in [0, 0.05) is 16.3 Å². The molecule has 3 rings (SSSR count). The van der Waals surface area contributed by atoms with Gasteiger partial charge in [-0.15, -0.1) is 0 Å². The minimum atomic E-state index is 0.0148. The van der Waals surface area contributed by atoms with Crippen molar-refractivity contribution in [2.45, 2.75) is 19.3 Å². The second-order valence-electron chi connectivity index (χ2n) is 5.19. The molecule has 1 heterocycles. The Hall–Kier alpha value is -1.32. The summed E-state index contributed by atoms with van der Waals surface area (Å²) >= 11 is 5.94. The largest absolute Gasteiger partial charge is 0.453 e. The van der Waals surface area contributed by atoms with Crippen molar-refractivity contribution < 1.29 is 9.21 Å². The Balaban J connectivity index is 1.93. The number of hydrogen-bond acceptors (Lipinski definition) is 3. The Labute approximate surface area is 116 Å². The van der Waals surface area contributed by atoms with Crippen molar-refractivity contribution in [2.75, 3.05) is 6.54 Å². The van der Waals surface area contributed by atoms with Crippen molar-refractivity contribution in [2.24, 2.45) is 17.6 Å². The monoisotopic (exact) mass is 277 g/mol. The van der Waals surface area contributed by atoms with Crippen LogP contribution < -0.4 is 5.73 Å². The topological polar surface area (TPSA) is 56.2 Å². The highest BCUT2D eigenvalue weighted by molar-refractivity contribution is 6.31. The van der Waals surface area contributed by atoms with Gasteiger partial charge in [0.25, 0.3) is 0 Å². The van der Waals surface area contributed by atoms with Gasteiger partial charge in [-0.25, -0.2) is 0 Å². The van der Waals surface area contributed by atoms with E-state index >= 15 is 0 Å². The van der Waals surface area contributed by atoms with Crippen LogP contribution in [0.25, 0.3) is 11.0 Å². The molecule has 3 nitrogen and oxygen atoms in total. The van der Waals surface area contributed by atoms with Crippen molar-refractivity contribution in [3.63, 3.8) is 0 Å². The Bertz CT molecular complexity index is 620. The van der Waals surface area contributed by atoms with E-state index in [0.717, 1.165) is 24.6 Å². The molecule has 1 aromatic heterocycles. The molecule has 1 aliphatic carbocycles. The van der Waals surface area contributed by atoms with E-state index in [9.17, 15) is 4.79 Å². The number of carbonyl (C=O) groups is 1. The SMILES string of the molecule is NCC1CCCC1C(=O)c1cc2cc(Cl)ccc2o1. The van der Waals surface area contributed by atoms with E-state index in [-0.39, 0.29) is 11.7 Å². The summed E-state index contributed by atoms with van der Waals surface area (Å²) in [6, 6.07) is 7.16. The molecule has 0 saturated heterocycles. The van der Waals surface area contributed by atoms with Crippen LogP contribution in [-0.2, 0) is 0 Å². The van der Waals surface area contributed by atoms with Crippen LogP contribution in [0.3, 0.4) is 0 Å². The first kappa shape index (κ1) is 12.7. The van der Waals surface area contributed by atoms with E-state index in [1.54, 1.807) is 18.2 Å². The first-order valence-corrected chi connectivity index (χ1v) is 7.00. The molecule has 1 aromatic carbocycles. The summed E-state index contributed by atoms with van der Waals surface area (Å²) in [4.78, 5) is 12.5. The lowest BCUT2D eigenvalue weighted by Gasteiger charge is -2.14. The van der Waals surface area contributed by atoms with E-state index in [4.69, 9.17) is 21.8 Å². The number of furan rings is 1. The first-order valence-electron chi connectivity index (χ1n) is 6.62. The highest BCUT2D eigenvalue weighted by Crippen LogP contribution is 2.35. The molecule has 2 aromatic rings. The standard InChI is InChI=1S/C15H16ClNO2/c16-11-4-5-13-10(6-11)7-14(19-13)15(18)12-3-1-2-9(12)8-17/h4-7,9,12H,1-3,8,17H2. The quantitative estimate of drug-likeness (QED) is 0.872. The molecule has 0 bridgehead atoms. The van der Waals surface area contributed by atoms with Crippen molar-refractivity contribution in [1.82, 2.24) is 0 Å². The number of ketones is 1. The summed E-state index contributed by atoms with van der Waals surface area (Å²) in [5.41, 5.74) is 6.44. The molecular formula is C15H16ClNO2. The van der Waals surface area contributed by atoms with Crippen molar-refractivity contribution >= 4 is 28.4 Å². The molecule has 2 N–H and O–H groups in total. The molecule has 0 aliphatic heterocycles. The van der Waals surface area contributed by atoms with Gasteiger partial charge in [-0.05, 0) is 49.6 Å².